The second-order valence-electron chi connectivity index (χ2n) is 4.58. The van der Waals surface area contributed by atoms with E-state index >= 15 is 0 Å². The van der Waals surface area contributed by atoms with Crippen LogP contribution in [0, 0.1) is 0 Å². The molecule has 0 atom stereocenters. The summed E-state index contributed by atoms with van der Waals surface area (Å²) in [6, 6.07) is 4.09. The number of nitrogens with zero attached hydrogens (tertiary/aromatic N) is 1. The molecule has 0 aromatic heterocycles. The first-order valence-electron chi connectivity index (χ1n) is 5.82. The normalized spacial score (nSPS) is 15.9. The fourth-order valence-corrected chi connectivity index (χ4v) is 2.93. The molecule has 104 valence electrons. The van der Waals surface area contributed by atoms with Crippen molar-refractivity contribution in [2.75, 3.05) is 7.05 Å². The highest BCUT2D eigenvalue weighted by Gasteiger charge is 2.28. The first-order chi connectivity index (χ1) is 8.80. The average Bonchev–Trinajstić information content (AvgIpc) is 2.24. The fourth-order valence-electron chi connectivity index (χ4n) is 1.95. The standard InChI is InChI=1S/C12H13Cl2NO3S/c1-15(8-3-2-4-8)12(16)10-7-9(19(14,17)18)5-6-11(10)13/h5-8H,2-4H2,1H3. The molecule has 1 saturated carbocycles. The molecule has 0 unspecified atom stereocenters. The molecule has 1 aromatic carbocycles. The van der Waals surface area contributed by atoms with Crippen LogP contribution in [0.25, 0.3) is 0 Å². The SMILES string of the molecule is CN(C(=O)c1cc(S(=O)(=O)Cl)ccc1Cl)C1CCC1. The molecule has 0 aliphatic heterocycles. The van der Waals surface area contributed by atoms with Crippen LogP contribution in [0.15, 0.2) is 23.1 Å². The van der Waals surface area contributed by atoms with Gasteiger partial charge >= 0.3 is 0 Å². The van der Waals surface area contributed by atoms with Crippen molar-refractivity contribution in [2.24, 2.45) is 0 Å². The zero-order valence-electron chi connectivity index (χ0n) is 10.3. The Morgan fingerprint density at radius 3 is 2.47 bits per heavy atom. The van der Waals surface area contributed by atoms with Gasteiger partial charge in [-0.25, -0.2) is 8.42 Å². The van der Waals surface area contributed by atoms with E-state index in [0.717, 1.165) is 19.3 Å². The van der Waals surface area contributed by atoms with Crippen molar-refractivity contribution < 1.29 is 13.2 Å². The first-order valence-corrected chi connectivity index (χ1v) is 8.51. The Morgan fingerprint density at radius 2 is 2.00 bits per heavy atom. The maximum atomic E-state index is 12.3. The van der Waals surface area contributed by atoms with E-state index < -0.39 is 9.05 Å². The maximum absolute atomic E-state index is 12.3. The number of amides is 1. The topological polar surface area (TPSA) is 54.5 Å². The van der Waals surface area contributed by atoms with Gasteiger partial charge in [-0.05, 0) is 37.5 Å². The Balaban J connectivity index is 2.35. The first kappa shape index (κ1) is 14.6. The Bertz CT molecular complexity index is 611. The lowest BCUT2D eigenvalue weighted by Crippen LogP contribution is -2.41. The molecule has 0 bridgehead atoms. The third-order valence-corrected chi connectivity index (χ3v) is 5.07. The van der Waals surface area contributed by atoms with Crippen LogP contribution < -0.4 is 0 Å². The number of rotatable bonds is 3. The Labute approximate surface area is 121 Å². The maximum Gasteiger partial charge on any atom is 0.261 e. The average molecular weight is 322 g/mol. The van der Waals surface area contributed by atoms with Crippen LogP contribution in [0.3, 0.4) is 0 Å². The van der Waals surface area contributed by atoms with E-state index in [1.807, 2.05) is 0 Å². The predicted octanol–water partition coefficient (Wildman–Crippen LogP) is 2.89. The lowest BCUT2D eigenvalue weighted by atomic mass is 9.91. The molecule has 2 rings (SSSR count). The Hall–Kier alpha value is -0.780. The van der Waals surface area contributed by atoms with E-state index in [0.29, 0.717) is 0 Å². The molecule has 1 amide bonds. The molecule has 7 heteroatoms. The van der Waals surface area contributed by atoms with Crippen LogP contribution in [-0.4, -0.2) is 32.3 Å². The van der Waals surface area contributed by atoms with Crippen molar-refractivity contribution in [1.29, 1.82) is 0 Å². The minimum Gasteiger partial charge on any atom is -0.339 e. The number of hydrogen-bond donors (Lipinski definition) is 0. The van der Waals surface area contributed by atoms with Crippen molar-refractivity contribution in [3.05, 3.63) is 28.8 Å². The molecule has 1 aliphatic carbocycles. The molecule has 0 radical (unpaired) electrons. The van der Waals surface area contributed by atoms with E-state index in [4.69, 9.17) is 22.3 Å². The summed E-state index contributed by atoms with van der Waals surface area (Å²) in [6.07, 6.45) is 3.03. The smallest absolute Gasteiger partial charge is 0.261 e. The van der Waals surface area contributed by atoms with E-state index in [-0.39, 0.29) is 27.4 Å². The highest BCUT2D eigenvalue weighted by molar-refractivity contribution is 8.13. The molecule has 1 fully saturated rings. The summed E-state index contributed by atoms with van der Waals surface area (Å²) >= 11 is 5.97. The van der Waals surface area contributed by atoms with Crippen LogP contribution in [0.5, 0.6) is 0 Å². The number of benzene rings is 1. The molecule has 0 N–H and O–H groups in total. The van der Waals surface area contributed by atoms with Gasteiger partial charge in [0.25, 0.3) is 15.0 Å². The molecule has 19 heavy (non-hydrogen) atoms. The second kappa shape index (κ2) is 5.31. The summed E-state index contributed by atoms with van der Waals surface area (Å²) in [5.41, 5.74) is 0.165. The highest BCUT2D eigenvalue weighted by Crippen LogP contribution is 2.28. The lowest BCUT2D eigenvalue weighted by molar-refractivity contribution is 0.0652. The van der Waals surface area contributed by atoms with Crippen LogP contribution in [-0.2, 0) is 9.05 Å². The van der Waals surface area contributed by atoms with Gasteiger partial charge in [0.1, 0.15) is 0 Å². The molecule has 0 spiro atoms. The number of carbonyl (C=O) groups is 1. The summed E-state index contributed by atoms with van der Waals surface area (Å²) in [6.45, 7) is 0. The summed E-state index contributed by atoms with van der Waals surface area (Å²) in [4.78, 5) is 13.8. The van der Waals surface area contributed by atoms with Gasteiger partial charge in [-0.15, -0.1) is 0 Å². The van der Waals surface area contributed by atoms with E-state index in [1.165, 1.54) is 18.2 Å². The Kier molecular flexibility index (Phi) is 4.08. The van der Waals surface area contributed by atoms with Crippen molar-refractivity contribution in [3.8, 4) is 0 Å². The van der Waals surface area contributed by atoms with Crippen molar-refractivity contribution >= 4 is 37.2 Å². The number of carbonyl (C=O) groups excluding carboxylic acids is 1. The van der Waals surface area contributed by atoms with Gasteiger partial charge in [-0.2, -0.15) is 0 Å². The summed E-state index contributed by atoms with van der Waals surface area (Å²) in [5, 5.41) is 0.222. The van der Waals surface area contributed by atoms with Crippen LogP contribution in [0.1, 0.15) is 29.6 Å². The quantitative estimate of drug-likeness (QED) is 0.804. The Morgan fingerprint density at radius 1 is 1.37 bits per heavy atom. The lowest BCUT2D eigenvalue weighted by Gasteiger charge is -2.34. The van der Waals surface area contributed by atoms with Gasteiger partial charge in [0.2, 0.25) is 0 Å². The molecule has 0 saturated heterocycles. The molecule has 4 nitrogen and oxygen atoms in total. The van der Waals surface area contributed by atoms with Crippen molar-refractivity contribution in [3.63, 3.8) is 0 Å². The van der Waals surface area contributed by atoms with Crippen LogP contribution >= 0.6 is 22.3 Å². The third-order valence-electron chi connectivity index (χ3n) is 3.39. The fraction of sp³-hybridized carbons (Fsp3) is 0.417. The van der Waals surface area contributed by atoms with Gasteiger partial charge in [-0.3, -0.25) is 4.79 Å². The highest BCUT2D eigenvalue weighted by atomic mass is 35.7. The van der Waals surface area contributed by atoms with Crippen molar-refractivity contribution in [2.45, 2.75) is 30.2 Å². The van der Waals surface area contributed by atoms with Gasteiger partial charge in [-0.1, -0.05) is 11.6 Å². The summed E-state index contributed by atoms with van der Waals surface area (Å²) in [5.74, 6) is -0.281. The molecule has 1 aliphatic rings. The minimum atomic E-state index is -3.87. The monoisotopic (exact) mass is 321 g/mol. The van der Waals surface area contributed by atoms with Gasteiger partial charge in [0.15, 0.2) is 0 Å². The van der Waals surface area contributed by atoms with Gasteiger partial charge in [0.05, 0.1) is 15.5 Å². The van der Waals surface area contributed by atoms with E-state index in [2.05, 4.69) is 0 Å². The summed E-state index contributed by atoms with van der Waals surface area (Å²) in [7, 11) is 3.10. The molecule has 1 aromatic rings. The largest absolute Gasteiger partial charge is 0.339 e. The van der Waals surface area contributed by atoms with Gasteiger partial charge in [0, 0.05) is 23.8 Å². The zero-order chi connectivity index (χ0) is 14.2. The molecule has 0 heterocycles. The molecular formula is C12H13Cl2NO3S. The van der Waals surface area contributed by atoms with Gasteiger partial charge < -0.3 is 4.90 Å². The third kappa shape index (κ3) is 3.04. The van der Waals surface area contributed by atoms with Crippen LogP contribution in [0.2, 0.25) is 5.02 Å². The van der Waals surface area contributed by atoms with Crippen molar-refractivity contribution in [1.82, 2.24) is 4.90 Å². The predicted molar refractivity (Wildman–Crippen MR) is 74.2 cm³/mol. The number of halogens is 2. The van der Waals surface area contributed by atoms with Crippen LogP contribution in [0.4, 0.5) is 0 Å². The minimum absolute atomic E-state index is 0.121. The van der Waals surface area contributed by atoms with E-state index in [9.17, 15) is 13.2 Å². The zero-order valence-corrected chi connectivity index (χ0v) is 12.6. The second-order valence-corrected chi connectivity index (χ2v) is 7.55. The number of hydrogen-bond acceptors (Lipinski definition) is 3. The molecular weight excluding hydrogens is 309 g/mol. The summed E-state index contributed by atoms with van der Waals surface area (Å²) < 4.78 is 22.6. The van der Waals surface area contributed by atoms with E-state index in [1.54, 1.807) is 11.9 Å².